The largest absolute Gasteiger partial charge is 0.331 e. The van der Waals surface area contributed by atoms with Crippen molar-refractivity contribution in [1.29, 1.82) is 0 Å². The zero-order chi connectivity index (χ0) is 19.6. The van der Waals surface area contributed by atoms with Gasteiger partial charge in [0.15, 0.2) is 0 Å². The fourth-order valence-electron chi connectivity index (χ4n) is 3.18. The summed E-state index contributed by atoms with van der Waals surface area (Å²) in [5.41, 5.74) is 0.795. The standard InChI is InChI=1S/C20H24N2O3S2/c1-15-6-12-19(26-15)18-5-4-14-22(18)20(23)13-9-16-7-10-17(11-8-16)27(24,25)21(2)3/h6-13,18H,4-5,14H2,1-3H3/b13-9+. The Morgan fingerprint density at radius 1 is 1.19 bits per heavy atom. The lowest BCUT2D eigenvalue weighted by atomic mass is 10.1. The molecule has 1 unspecified atom stereocenters. The number of benzene rings is 1. The van der Waals surface area contributed by atoms with Gasteiger partial charge < -0.3 is 4.90 Å². The Balaban J connectivity index is 1.71. The maximum atomic E-state index is 12.7. The van der Waals surface area contributed by atoms with Gasteiger partial charge in [-0.05, 0) is 55.7 Å². The second kappa shape index (κ2) is 7.96. The molecule has 0 bridgehead atoms. The smallest absolute Gasteiger partial charge is 0.247 e. The van der Waals surface area contributed by atoms with Gasteiger partial charge in [-0.1, -0.05) is 12.1 Å². The SMILES string of the molecule is Cc1ccc(C2CCCN2C(=O)/C=C/c2ccc(S(=O)(=O)N(C)C)cc2)s1. The number of carbonyl (C=O) groups is 1. The molecule has 1 atom stereocenters. The maximum Gasteiger partial charge on any atom is 0.247 e. The first-order chi connectivity index (χ1) is 12.8. The number of thiophene rings is 1. The van der Waals surface area contributed by atoms with E-state index in [-0.39, 0.29) is 16.8 Å². The molecule has 1 aromatic carbocycles. The van der Waals surface area contributed by atoms with Gasteiger partial charge in [-0.2, -0.15) is 0 Å². The first-order valence-electron chi connectivity index (χ1n) is 8.86. The van der Waals surface area contributed by atoms with Crippen LogP contribution in [0.1, 0.15) is 34.2 Å². The Labute approximate surface area is 165 Å². The number of hydrogen-bond donors (Lipinski definition) is 0. The second-order valence-corrected chi connectivity index (χ2v) is 10.3. The Bertz CT molecular complexity index is 944. The number of carbonyl (C=O) groups excluding carboxylic acids is 1. The third-order valence-electron chi connectivity index (χ3n) is 4.70. The summed E-state index contributed by atoms with van der Waals surface area (Å²) >= 11 is 1.75. The van der Waals surface area contributed by atoms with E-state index in [4.69, 9.17) is 0 Å². The molecule has 144 valence electrons. The highest BCUT2D eigenvalue weighted by Crippen LogP contribution is 2.35. The molecule has 1 aliphatic rings. The van der Waals surface area contributed by atoms with Gasteiger partial charge in [-0.15, -0.1) is 11.3 Å². The Morgan fingerprint density at radius 3 is 2.48 bits per heavy atom. The van der Waals surface area contributed by atoms with E-state index >= 15 is 0 Å². The minimum absolute atomic E-state index is 0.00598. The van der Waals surface area contributed by atoms with E-state index in [0.29, 0.717) is 0 Å². The average molecular weight is 405 g/mol. The number of amides is 1. The summed E-state index contributed by atoms with van der Waals surface area (Å²) in [7, 11) is -0.432. The topological polar surface area (TPSA) is 57.7 Å². The van der Waals surface area contributed by atoms with Crippen molar-refractivity contribution < 1.29 is 13.2 Å². The van der Waals surface area contributed by atoms with Gasteiger partial charge in [-0.3, -0.25) is 4.79 Å². The van der Waals surface area contributed by atoms with E-state index < -0.39 is 10.0 Å². The minimum atomic E-state index is -3.44. The van der Waals surface area contributed by atoms with E-state index in [1.54, 1.807) is 47.8 Å². The minimum Gasteiger partial charge on any atom is -0.331 e. The highest BCUT2D eigenvalue weighted by molar-refractivity contribution is 7.89. The third kappa shape index (κ3) is 4.31. The molecule has 0 spiro atoms. The molecule has 1 saturated heterocycles. The normalized spacial score (nSPS) is 17.9. The van der Waals surface area contributed by atoms with Crippen LogP contribution in [0.5, 0.6) is 0 Å². The number of rotatable bonds is 5. The molecule has 1 aliphatic heterocycles. The van der Waals surface area contributed by atoms with E-state index in [1.165, 1.54) is 28.2 Å². The third-order valence-corrected chi connectivity index (χ3v) is 7.63. The van der Waals surface area contributed by atoms with Gasteiger partial charge in [0.2, 0.25) is 15.9 Å². The van der Waals surface area contributed by atoms with Gasteiger partial charge in [-0.25, -0.2) is 12.7 Å². The van der Waals surface area contributed by atoms with Crippen molar-refractivity contribution in [2.45, 2.75) is 30.7 Å². The van der Waals surface area contributed by atoms with Gasteiger partial charge >= 0.3 is 0 Å². The summed E-state index contributed by atoms with van der Waals surface area (Å²) in [5.74, 6) is -0.00598. The summed E-state index contributed by atoms with van der Waals surface area (Å²) in [4.78, 5) is 17.3. The summed E-state index contributed by atoms with van der Waals surface area (Å²) < 4.78 is 25.4. The van der Waals surface area contributed by atoms with Gasteiger partial charge in [0.05, 0.1) is 10.9 Å². The molecule has 5 nitrogen and oxygen atoms in total. The van der Waals surface area contributed by atoms with Crippen molar-refractivity contribution in [1.82, 2.24) is 9.21 Å². The second-order valence-electron chi connectivity index (χ2n) is 6.83. The summed E-state index contributed by atoms with van der Waals surface area (Å²) in [6, 6.07) is 10.9. The molecule has 0 radical (unpaired) electrons. The van der Waals surface area contributed by atoms with Crippen molar-refractivity contribution in [3.8, 4) is 0 Å². The van der Waals surface area contributed by atoms with Crippen LogP contribution in [0.15, 0.2) is 47.4 Å². The molecular weight excluding hydrogens is 380 g/mol. The predicted molar refractivity (Wildman–Crippen MR) is 109 cm³/mol. The lowest BCUT2D eigenvalue weighted by Gasteiger charge is -2.22. The molecule has 1 fully saturated rings. The first-order valence-corrected chi connectivity index (χ1v) is 11.1. The van der Waals surface area contributed by atoms with E-state index in [9.17, 15) is 13.2 Å². The van der Waals surface area contributed by atoms with E-state index in [2.05, 4.69) is 19.1 Å². The summed E-state index contributed by atoms with van der Waals surface area (Å²) in [5, 5.41) is 0. The van der Waals surface area contributed by atoms with Gasteiger partial charge in [0.1, 0.15) is 0 Å². The van der Waals surface area contributed by atoms with Crippen molar-refractivity contribution in [3.05, 3.63) is 57.8 Å². The maximum absolute atomic E-state index is 12.7. The van der Waals surface area contributed by atoms with Crippen LogP contribution < -0.4 is 0 Å². The van der Waals surface area contributed by atoms with Crippen LogP contribution in [0.3, 0.4) is 0 Å². The molecule has 0 N–H and O–H groups in total. The molecule has 27 heavy (non-hydrogen) atoms. The van der Waals surface area contributed by atoms with Gasteiger partial charge in [0, 0.05) is 36.5 Å². The average Bonchev–Trinajstić information content (AvgIpc) is 3.28. The quantitative estimate of drug-likeness (QED) is 0.714. The molecule has 0 saturated carbocycles. The van der Waals surface area contributed by atoms with Crippen LogP contribution in [-0.4, -0.2) is 44.2 Å². The molecule has 3 rings (SSSR count). The van der Waals surface area contributed by atoms with Crippen LogP contribution in [0.4, 0.5) is 0 Å². The monoisotopic (exact) mass is 404 g/mol. The fraction of sp³-hybridized carbons (Fsp3) is 0.350. The highest BCUT2D eigenvalue weighted by Gasteiger charge is 2.29. The highest BCUT2D eigenvalue weighted by atomic mass is 32.2. The Hall–Kier alpha value is -1.96. The zero-order valence-corrected chi connectivity index (χ0v) is 17.4. The lowest BCUT2D eigenvalue weighted by molar-refractivity contribution is -0.126. The number of hydrogen-bond acceptors (Lipinski definition) is 4. The van der Waals surface area contributed by atoms with Crippen LogP contribution in [0.25, 0.3) is 6.08 Å². The van der Waals surface area contributed by atoms with Crippen molar-refractivity contribution in [2.75, 3.05) is 20.6 Å². The predicted octanol–water partition coefficient (Wildman–Crippen LogP) is 3.68. The number of likely N-dealkylation sites (tertiary alicyclic amines) is 1. The Morgan fingerprint density at radius 2 is 1.89 bits per heavy atom. The van der Waals surface area contributed by atoms with Crippen LogP contribution >= 0.6 is 11.3 Å². The molecule has 1 aromatic heterocycles. The molecule has 2 heterocycles. The van der Waals surface area contributed by atoms with Crippen LogP contribution in [-0.2, 0) is 14.8 Å². The van der Waals surface area contributed by atoms with Gasteiger partial charge in [0.25, 0.3) is 0 Å². The molecular formula is C20H24N2O3S2. The lowest BCUT2D eigenvalue weighted by Crippen LogP contribution is -2.28. The fourth-order valence-corrected chi connectivity index (χ4v) is 5.11. The first kappa shape index (κ1) is 19.8. The van der Waals surface area contributed by atoms with Crippen LogP contribution in [0.2, 0.25) is 0 Å². The molecule has 7 heteroatoms. The molecule has 0 aliphatic carbocycles. The van der Waals surface area contributed by atoms with E-state index in [0.717, 1.165) is 24.9 Å². The number of sulfonamides is 1. The molecule has 1 amide bonds. The van der Waals surface area contributed by atoms with E-state index in [1.807, 2.05) is 4.90 Å². The van der Waals surface area contributed by atoms with Crippen molar-refractivity contribution in [2.24, 2.45) is 0 Å². The molecule has 2 aromatic rings. The zero-order valence-electron chi connectivity index (χ0n) is 15.8. The number of aryl methyl sites for hydroxylation is 1. The summed E-state index contributed by atoms with van der Waals surface area (Å²) in [6.07, 6.45) is 5.33. The number of nitrogens with zero attached hydrogens (tertiary/aromatic N) is 2. The summed E-state index contributed by atoms with van der Waals surface area (Å²) in [6.45, 7) is 2.85. The van der Waals surface area contributed by atoms with Crippen molar-refractivity contribution >= 4 is 33.3 Å². The Kier molecular flexibility index (Phi) is 5.83. The van der Waals surface area contributed by atoms with Crippen LogP contribution in [0, 0.1) is 6.92 Å². The van der Waals surface area contributed by atoms with Crippen molar-refractivity contribution in [3.63, 3.8) is 0 Å².